The molecule has 0 radical (unpaired) electrons. The van der Waals surface area contributed by atoms with Gasteiger partial charge >= 0.3 is 5.69 Å². The molecule has 1 saturated heterocycles. The van der Waals surface area contributed by atoms with Gasteiger partial charge in [0, 0.05) is 18.2 Å². The largest absolute Gasteiger partial charge is 0.305 e. The third kappa shape index (κ3) is 4.00. The summed E-state index contributed by atoms with van der Waals surface area (Å²) < 4.78 is 14.1. The number of likely N-dealkylation sites (tertiary alicyclic amines) is 1. The smallest absolute Gasteiger partial charge is 0.299 e. The van der Waals surface area contributed by atoms with Crippen LogP contribution in [0.25, 0.3) is 0 Å². The molecule has 0 aromatic heterocycles. The van der Waals surface area contributed by atoms with Crippen molar-refractivity contribution in [2.24, 2.45) is 11.8 Å². The fourth-order valence-electron chi connectivity index (χ4n) is 3.08. The van der Waals surface area contributed by atoms with Crippen molar-refractivity contribution in [2.45, 2.75) is 39.7 Å². The molecular weight excluding hydrogens is 271 g/mol. The second kappa shape index (κ2) is 6.98. The Labute approximate surface area is 125 Å². The highest BCUT2D eigenvalue weighted by Crippen LogP contribution is 2.26. The van der Waals surface area contributed by atoms with E-state index in [1.165, 1.54) is 12.5 Å². The number of hydrogen-bond acceptors (Lipinski definition) is 3. The van der Waals surface area contributed by atoms with Gasteiger partial charge in [0.15, 0.2) is 0 Å². The van der Waals surface area contributed by atoms with Gasteiger partial charge in [-0.25, -0.2) is 0 Å². The molecule has 4 nitrogen and oxygen atoms in total. The van der Waals surface area contributed by atoms with E-state index in [-0.39, 0.29) is 0 Å². The van der Waals surface area contributed by atoms with Gasteiger partial charge in [-0.05, 0) is 44.2 Å². The zero-order valence-electron chi connectivity index (χ0n) is 12.7. The normalized spacial score (nSPS) is 20.5. The quantitative estimate of drug-likeness (QED) is 0.623. The number of nitro groups is 1. The van der Waals surface area contributed by atoms with Gasteiger partial charge in [0.05, 0.1) is 4.92 Å². The van der Waals surface area contributed by atoms with Gasteiger partial charge in [0.1, 0.15) is 0 Å². The third-order valence-electron chi connectivity index (χ3n) is 4.46. The maximum atomic E-state index is 14.1. The van der Waals surface area contributed by atoms with Crippen molar-refractivity contribution in [1.29, 1.82) is 0 Å². The van der Waals surface area contributed by atoms with Crippen molar-refractivity contribution in [1.82, 2.24) is 4.90 Å². The molecule has 1 aromatic carbocycles. The summed E-state index contributed by atoms with van der Waals surface area (Å²) in [6.45, 7) is 6.83. The number of nitro benzene ring substituents is 1. The second-order valence-corrected chi connectivity index (χ2v) is 6.22. The van der Waals surface area contributed by atoms with E-state index in [1.807, 2.05) is 0 Å². The van der Waals surface area contributed by atoms with Crippen molar-refractivity contribution < 1.29 is 9.31 Å². The molecule has 1 aliphatic heterocycles. The van der Waals surface area contributed by atoms with Crippen molar-refractivity contribution in [3.63, 3.8) is 0 Å². The number of nitrogens with zero attached hydrogens (tertiary/aromatic N) is 2. The molecule has 1 heterocycles. The Kier molecular flexibility index (Phi) is 5.28. The molecule has 1 fully saturated rings. The SMILES string of the molecule is CC(C)C1CCCN(Cc2cccc([N+](=O)[O-])c2F)CC1. The molecule has 0 bridgehead atoms. The maximum absolute atomic E-state index is 14.1. The Morgan fingerprint density at radius 3 is 2.81 bits per heavy atom. The van der Waals surface area contributed by atoms with E-state index in [1.54, 1.807) is 12.1 Å². The minimum absolute atomic E-state index is 0.423. The average Bonchev–Trinajstić information content (AvgIpc) is 2.66. The predicted octanol–water partition coefficient (Wildman–Crippen LogP) is 3.99. The van der Waals surface area contributed by atoms with Crippen LogP contribution in [0.3, 0.4) is 0 Å². The van der Waals surface area contributed by atoms with E-state index in [4.69, 9.17) is 0 Å². The summed E-state index contributed by atoms with van der Waals surface area (Å²) in [4.78, 5) is 12.3. The molecule has 1 unspecified atom stereocenters. The monoisotopic (exact) mass is 294 g/mol. The standard InChI is InChI=1S/C16H23FN2O2/c1-12(2)13-6-4-9-18(10-8-13)11-14-5-3-7-15(16(14)17)19(20)21/h3,5,7,12-13H,4,6,8-11H2,1-2H3. The lowest BCUT2D eigenvalue weighted by atomic mass is 9.89. The number of hydrogen-bond donors (Lipinski definition) is 0. The molecule has 0 N–H and O–H groups in total. The van der Waals surface area contributed by atoms with Crippen LogP contribution in [0.1, 0.15) is 38.7 Å². The van der Waals surface area contributed by atoms with Gasteiger partial charge in [-0.1, -0.05) is 26.0 Å². The number of rotatable bonds is 4. The van der Waals surface area contributed by atoms with Crippen LogP contribution < -0.4 is 0 Å². The molecule has 116 valence electrons. The van der Waals surface area contributed by atoms with Gasteiger partial charge < -0.3 is 0 Å². The average molecular weight is 294 g/mol. The minimum atomic E-state index is -0.688. The van der Waals surface area contributed by atoms with Crippen molar-refractivity contribution in [3.05, 3.63) is 39.7 Å². The van der Waals surface area contributed by atoms with Crippen LogP contribution in [0.4, 0.5) is 10.1 Å². The highest BCUT2D eigenvalue weighted by Gasteiger charge is 2.22. The van der Waals surface area contributed by atoms with Crippen LogP contribution in [0, 0.1) is 27.8 Å². The molecule has 1 aromatic rings. The molecule has 0 amide bonds. The highest BCUT2D eigenvalue weighted by molar-refractivity contribution is 5.36. The summed E-state index contributed by atoms with van der Waals surface area (Å²) in [5.41, 5.74) is -0.00502. The Morgan fingerprint density at radius 1 is 1.38 bits per heavy atom. The van der Waals surface area contributed by atoms with Crippen LogP contribution >= 0.6 is 0 Å². The van der Waals surface area contributed by atoms with E-state index in [0.29, 0.717) is 18.0 Å². The summed E-state index contributed by atoms with van der Waals surface area (Å²) >= 11 is 0. The van der Waals surface area contributed by atoms with Crippen molar-refractivity contribution >= 4 is 5.69 Å². The predicted molar refractivity (Wildman–Crippen MR) is 80.5 cm³/mol. The van der Waals surface area contributed by atoms with Gasteiger partial charge in [-0.2, -0.15) is 4.39 Å². The zero-order valence-corrected chi connectivity index (χ0v) is 12.7. The summed E-state index contributed by atoms with van der Waals surface area (Å²) in [7, 11) is 0. The minimum Gasteiger partial charge on any atom is -0.299 e. The molecule has 1 aliphatic rings. The molecule has 0 spiro atoms. The maximum Gasteiger partial charge on any atom is 0.305 e. The Hall–Kier alpha value is -1.49. The molecule has 21 heavy (non-hydrogen) atoms. The van der Waals surface area contributed by atoms with Gasteiger partial charge in [0.25, 0.3) is 0 Å². The van der Waals surface area contributed by atoms with E-state index in [2.05, 4.69) is 18.7 Å². The van der Waals surface area contributed by atoms with Crippen LogP contribution in [0.5, 0.6) is 0 Å². The van der Waals surface area contributed by atoms with E-state index < -0.39 is 16.4 Å². The lowest BCUT2D eigenvalue weighted by Gasteiger charge is -2.21. The molecule has 1 atom stereocenters. The first-order valence-corrected chi connectivity index (χ1v) is 7.63. The first-order chi connectivity index (χ1) is 9.99. The lowest BCUT2D eigenvalue weighted by Crippen LogP contribution is -2.25. The van der Waals surface area contributed by atoms with Crippen molar-refractivity contribution in [2.75, 3.05) is 13.1 Å². The Bertz CT molecular complexity index is 505. The van der Waals surface area contributed by atoms with Crippen LogP contribution in [-0.4, -0.2) is 22.9 Å². The van der Waals surface area contributed by atoms with Gasteiger partial charge in [-0.3, -0.25) is 15.0 Å². The van der Waals surface area contributed by atoms with Crippen LogP contribution in [-0.2, 0) is 6.54 Å². The molecule has 5 heteroatoms. The summed E-state index contributed by atoms with van der Waals surface area (Å²) in [6.07, 6.45) is 3.44. The Morgan fingerprint density at radius 2 is 2.14 bits per heavy atom. The van der Waals surface area contributed by atoms with Crippen LogP contribution in [0.15, 0.2) is 18.2 Å². The fourth-order valence-corrected chi connectivity index (χ4v) is 3.08. The lowest BCUT2D eigenvalue weighted by molar-refractivity contribution is -0.387. The molecular formula is C16H23FN2O2. The molecule has 0 aliphatic carbocycles. The van der Waals surface area contributed by atoms with Gasteiger partial charge in [-0.15, -0.1) is 0 Å². The van der Waals surface area contributed by atoms with E-state index in [9.17, 15) is 14.5 Å². The van der Waals surface area contributed by atoms with E-state index in [0.717, 1.165) is 31.8 Å². The zero-order chi connectivity index (χ0) is 15.4. The molecule has 0 saturated carbocycles. The second-order valence-electron chi connectivity index (χ2n) is 6.22. The fraction of sp³-hybridized carbons (Fsp3) is 0.625. The summed E-state index contributed by atoms with van der Waals surface area (Å²) in [5.74, 6) is 0.719. The van der Waals surface area contributed by atoms with Crippen LogP contribution in [0.2, 0.25) is 0 Å². The number of benzene rings is 1. The molecule has 2 rings (SSSR count). The third-order valence-corrected chi connectivity index (χ3v) is 4.46. The first-order valence-electron chi connectivity index (χ1n) is 7.63. The highest BCUT2D eigenvalue weighted by atomic mass is 19.1. The first kappa shape index (κ1) is 15.9. The summed E-state index contributed by atoms with van der Waals surface area (Å²) in [6, 6.07) is 4.43. The van der Waals surface area contributed by atoms with Crippen molar-refractivity contribution in [3.8, 4) is 0 Å². The van der Waals surface area contributed by atoms with E-state index >= 15 is 0 Å². The number of halogens is 1. The summed E-state index contributed by atoms with van der Waals surface area (Å²) in [5, 5.41) is 10.8. The topological polar surface area (TPSA) is 46.4 Å². The van der Waals surface area contributed by atoms with Gasteiger partial charge in [0.2, 0.25) is 5.82 Å². The Balaban J connectivity index is 2.05.